The van der Waals surface area contributed by atoms with Crippen molar-refractivity contribution >= 4 is 16.9 Å². The molecule has 0 aliphatic carbocycles. The molecular formula is C25H26N4O. The molecule has 0 aliphatic rings. The van der Waals surface area contributed by atoms with Gasteiger partial charge in [0.05, 0.1) is 22.3 Å². The molecule has 30 heavy (non-hydrogen) atoms. The predicted octanol–water partition coefficient (Wildman–Crippen LogP) is 4.78. The van der Waals surface area contributed by atoms with E-state index in [1.54, 1.807) is 9.58 Å². The van der Waals surface area contributed by atoms with Gasteiger partial charge in [0.15, 0.2) is 5.65 Å². The number of hydrogen-bond acceptors (Lipinski definition) is 3. The molecule has 152 valence electrons. The second-order valence-corrected chi connectivity index (χ2v) is 7.66. The van der Waals surface area contributed by atoms with E-state index in [2.05, 4.69) is 36.3 Å². The molecule has 0 fully saturated rings. The SMILES string of the molecule is CCc1ccc(CN(C)C(=O)c2cc(-c3ccccc3)nc3c2c(C)nn3C)cc1. The summed E-state index contributed by atoms with van der Waals surface area (Å²) >= 11 is 0. The zero-order valence-electron chi connectivity index (χ0n) is 17.9. The van der Waals surface area contributed by atoms with Crippen LogP contribution in [-0.4, -0.2) is 32.6 Å². The number of aryl methyl sites for hydroxylation is 3. The van der Waals surface area contributed by atoms with Crippen molar-refractivity contribution in [3.63, 3.8) is 0 Å². The van der Waals surface area contributed by atoms with Crippen molar-refractivity contribution < 1.29 is 4.79 Å². The summed E-state index contributed by atoms with van der Waals surface area (Å²) in [6.07, 6.45) is 1.01. The molecule has 0 bridgehead atoms. The van der Waals surface area contributed by atoms with Gasteiger partial charge in [0, 0.05) is 26.2 Å². The average Bonchev–Trinajstić information content (AvgIpc) is 3.07. The van der Waals surface area contributed by atoms with E-state index >= 15 is 0 Å². The lowest BCUT2D eigenvalue weighted by atomic mass is 10.0. The summed E-state index contributed by atoms with van der Waals surface area (Å²) in [5.74, 6) is -0.0322. The van der Waals surface area contributed by atoms with Crippen LogP contribution >= 0.6 is 0 Å². The van der Waals surface area contributed by atoms with Gasteiger partial charge in [-0.15, -0.1) is 0 Å². The van der Waals surface area contributed by atoms with Gasteiger partial charge in [0.2, 0.25) is 0 Å². The van der Waals surface area contributed by atoms with Crippen LogP contribution in [0, 0.1) is 6.92 Å². The fraction of sp³-hybridized carbons (Fsp3) is 0.240. The monoisotopic (exact) mass is 398 g/mol. The van der Waals surface area contributed by atoms with Gasteiger partial charge in [-0.1, -0.05) is 61.5 Å². The normalized spacial score (nSPS) is 11.1. The van der Waals surface area contributed by atoms with Gasteiger partial charge in [0.1, 0.15) is 0 Å². The fourth-order valence-corrected chi connectivity index (χ4v) is 3.80. The van der Waals surface area contributed by atoms with Gasteiger partial charge in [-0.05, 0) is 30.5 Å². The second-order valence-electron chi connectivity index (χ2n) is 7.66. The number of pyridine rings is 1. The predicted molar refractivity (Wildman–Crippen MR) is 120 cm³/mol. The van der Waals surface area contributed by atoms with Gasteiger partial charge in [-0.25, -0.2) is 4.98 Å². The molecule has 0 spiro atoms. The Morgan fingerprint density at radius 2 is 1.70 bits per heavy atom. The highest BCUT2D eigenvalue weighted by Crippen LogP contribution is 2.28. The highest BCUT2D eigenvalue weighted by atomic mass is 16.2. The number of hydrogen-bond donors (Lipinski definition) is 0. The van der Waals surface area contributed by atoms with Crippen LogP contribution in [0.1, 0.15) is 34.1 Å². The van der Waals surface area contributed by atoms with Crippen LogP contribution < -0.4 is 0 Å². The Morgan fingerprint density at radius 3 is 2.37 bits per heavy atom. The minimum absolute atomic E-state index is 0.0322. The number of nitrogens with zero attached hydrogens (tertiary/aromatic N) is 4. The van der Waals surface area contributed by atoms with Crippen LogP contribution in [0.25, 0.3) is 22.3 Å². The van der Waals surface area contributed by atoms with Crippen molar-refractivity contribution in [1.82, 2.24) is 19.7 Å². The van der Waals surface area contributed by atoms with Gasteiger partial charge in [0.25, 0.3) is 5.91 Å². The summed E-state index contributed by atoms with van der Waals surface area (Å²) in [4.78, 5) is 20.1. The van der Waals surface area contributed by atoms with Gasteiger partial charge in [-0.2, -0.15) is 5.10 Å². The molecule has 2 aromatic carbocycles. The quantitative estimate of drug-likeness (QED) is 0.486. The van der Waals surface area contributed by atoms with Crippen molar-refractivity contribution in [3.05, 3.63) is 83.0 Å². The van der Waals surface area contributed by atoms with E-state index in [9.17, 15) is 4.79 Å². The van der Waals surface area contributed by atoms with Gasteiger partial charge in [-0.3, -0.25) is 9.48 Å². The number of carbonyl (C=O) groups is 1. The fourth-order valence-electron chi connectivity index (χ4n) is 3.80. The van der Waals surface area contributed by atoms with E-state index in [1.165, 1.54) is 5.56 Å². The molecule has 1 amide bonds. The van der Waals surface area contributed by atoms with E-state index in [0.717, 1.165) is 40.0 Å². The lowest BCUT2D eigenvalue weighted by Crippen LogP contribution is -2.26. The number of aromatic nitrogens is 3. The number of carbonyl (C=O) groups excluding carboxylic acids is 1. The van der Waals surface area contributed by atoms with E-state index in [4.69, 9.17) is 4.98 Å². The third-order valence-corrected chi connectivity index (χ3v) is 5.47. The average molecular weight is 399 g/mol. The summed E-state index contributed by atoms with van der Waals surface area (Å²) in [6.45, 7) is 4.61. The second kappa shape index (κ2) is 8.11. The Labute approximate surface area is 177 Å². The van der Waals surface area contributed by atoms with Crippen molar-refractivity contribution in [1.29, 1.82) is 0 Å². The van der Waals surface area contributed by atoms with E-state index in [1.807, 2.05) is 57.4 Å². The van der Waals surface area contributed by atoms with E-state index < -0.39 is 0 Å². The van der Waals surface area contributed by atoms with Gasteiger partial charge < -0.3 is 4.90 Å². The molecular weight excluding hydrogens is 372 g/mol. The zero-order valence-corrected chi connectivity index (χ0v) is 17.9. The maximum absolute atomic E-state index is 13.5. The van der Waals surface area contributed by atoms with Crippen LogP contribution in [0.4, 0.5) is 0 Å². The first-order valence-electron chi connectivity index (χ1n) is 10.2. The minimum Gasteiger partial charge on any atom is -0.337 e. The third-order valence-electron chi connectivity index (χ3n) is 5.47. The Bertz CT molecular complexity index is 1190. The van der Waals surface area contributed by atoms with Crippen LogP contribution in [-0.2, 0) is 20.0 Å². The van der Waals surface area contributed by atoms with Crippen molar-refractivity contribution in [2.45, 2.75) is 26.8 Å². The van der Waals surface area contributed by atoms with Crippen molar-refractivity contribution in [3.8, 4) is 11.3 Å². The highest BCUT2D eigenvalue weighted by molar-refractivity contribution is 6.07. The first-order chi connectivity index (χ1) is 14.5. The molecule has 0 saturated heterocycles. The Kier molecular flexibility index (Phi) is 5.36. The molecule has 0 unspecified atom stereocenters. The summed E-state index contributed by atoms with van der Waals surface area (Å²) in [7, 11) is 3.71. The highest BCUT2D eigenvalue weighted by Gasteiger charge is 2.21. The van der Waals surface area contributed by atoms with E-state index in [0.29, 0.717) is 12.1 Å². The molecule has 5 heteroatoms. The minimum atomic E-state index is -0.0322. The Hall–Kier alpha value is -3.47. The summed E-state index contributed by atoms with van der Waals surface area (Å²) in [5, 5.41) is 5.33. The van der Waals surface area contributed by atoms with E-state index in [-0.39, 0.29) is 5.91 Å². The lowest BCUT2D eigenvalue weighted by Gasteiger charge is -2.19. The largest absolute Gasteiger partial charge is 0.337 e. The summed E-state index contributed by atoms with van der Waals surface area (Å²) in [5.41, 5.74) is 6.32. The molecule has 2 aromatic heterocycles. The first kappa shape index (κ1) is 19.8. The molecule has 2 heterocycles. The molecule has 0 saturated carbocycles. The maximum Gasteiger partial charge on any atom is 0.254 e. The number of amides is 1. The Morgan fingerprint density at radius 1 is 1.03 bits per heavy atom. The third kappa shape index (κ3) is 3.71. The number of benzene rings is 2. The van der Waals surface area contributed by atoms with Crippen LogP contribution in [0.15, 0.2) is 60.7 Å². The van der Waals surface area contributed by atoms with Crippen LogP contribution in [0.3, 0.4) is 0 Å². The van der Waals surface area contributed by atoms with Crippen molar-refractivity contribution in [2.24, 2.45) is 7.05 Å². The standard InChI is InChI=1S/C25H26N4O/c1-5-18-11-13-19(14-12-18)16-28(3)25(30)21-15-22(20-9-7-6-8-10-20)26-24-23(21)17(2)27-29(24)4/h6-15H,5,16H2,1-4H3. The van der Waals surface area contributed by atoms with Crippen LogP contribution in [0.2, 0.25) is 0 Å². The van der Waals surface area contributed by atoms with Gasteiger partial charge >= 0.3 is 0 Å². The molecule has 0 aliphatic heterocycles. The maximum atomic E-state index is 13.5. The van der Waals surface area contributed by atoms with Crippen LogP contribution in [0.5, 0.6) is 0 Å². The number of rotatable bonds is 5. The van der Waals surface area contributed by atoms with Crippen molar-refractivity contribution in [2.75, 3.05) is 7.05 Å². The molecule has 0 radical (unpaired) electrons. The topological polar surface area (TPSA) is 51.0 Å². The lowest BCUT2D eigenvalue weighted by molar-refractivity contribution is 0.0787. The molecule has 4 rings (SSSR count). The number of fused-ring (bicyclic) bond motifs is 1. The molecule has 0 N–H and O–H groups in total. The molecule has 4 aromatic rings. The summed E-state index contributed by atoms with van der Waals surface area (Å²) in [6, 6.07) is 20.3. The smallest absolute Gasteiger partial charge is 0.254 e. The summed E-state index contributed by atoms with van der Waals surface area (Å²) < 4.78 is 1.75. The molecule has 5 nitrogen and oxygen atoms in total. The molecule has 0 atom stereocenters. The first-order valence-corrected chi connectivity index (χ1v) is 10.2. The Balaban J connectivity index is 1.75. The zero-order chi connectivity index (χ0) is 21.3.